The molecular weight excluding hydrogens is 348 g/mol. The van der Waals surface area contributed by atoms with E-state index < -0.39 is 41.1 Å². The molecule has 1 amide bonds. The zero-order chi connectivity index (χ0) is 19.3. The molecule has 11 nitrogen and oxygen atoms in total. The van der Waals surface area contributed by atoms with Crippen LogP contribution in [0.5, 0.6) is 11.5 Å². The lowest BCUT2D eigenvalue weighted by molar-refractivity contribution is -0.119. The van der Waals surface area contributed by atoms with Gasteiger partial charge < -0.3 is 25.3 Å². The van der Waals surface area contributed by atoms with Crippen molar-refractivity contribution in [3.8, 4) is 11.5 Å². The highest BCUT2D eigenvalue weighted by Gasteiger charge is 2.17. The van der Waals surface area contributed by atoms with Crippen LogP contribution in [0.15, 0.2) is 27.8 Å². The number of carbonyl (C=O) groups excluding carboxylic acids is 2. The molecular formula is C15H16N4O7. The number of hydrogen-bond donors (Lipinski definition) is 4. The quantitative estimate of drug-likeness (QED) is 0.496. The monoisotopic (exact) mass is 364 g/mol. The number of aromatic nitrogens is 2. The van der Waals surface area contributed by atoms with Crippen molar-refractivity contribution in [2.75, 3.05) is 31.9 Å². The molecule has 2 aromatic rings. The highest BCUT2D eigenvalue weighted by molar-refractivity contribution is 5.97. The third-order valence-electron chi connectivity index (χ3n) is 3.20. The summed E-state index contributed by atoms with van der Waals surface area (Å²) in [6.45, 7) is -0.678. The number of rotatable bonds is 6. The molecule has 0 aliphatic rings. The Labute approximate surface area is 146 Å². The van der Waals surface area contributed by atoms with E-state index >= 15 is 0 Å². The minimum atomic E-state index is -1.12. The van der Waals surface area contributed by atoms with Crippen LogP contribution >= 0.6 is 0 Å². The van der Waals surface area contributed by atoms with E-state index in [4.69, 9.17) is 19.9 Å². The minimum Gasteiger partial charge on any atom is -0.497 e. The number of benzene rings is 1. The molecule has 0 saturated carbocycles. The number of nitrogens with two attached hydrogens (primary N) is 1. The maximum atomic E-state index is 11.9. The van der Waals surface area contributed by atoms with Crippen LogP contribution in [-0.4, -0.2) is 42.7 Å². The predicted octanol–water partition coefficient (Wildman–Crippen LogP) is -0.542. The first kappa shape index (κ1) is 18.6. The molecule has 2 rings (SSSR count). The summed E-state index contributed by atoms with van der Waals surface area (Å²) in [5.41, 5.74) is 2.82. The summed E-state index contributed by atoms with van der Waals surface area (Å²) in [4.78, 5) is 50.3. The zero-order valence-corrected chi connectivity index (χ0v) is 13.9. The third-order valence-corrected chi connectivity index (χ3v) is 3.20. The van der Waals surface area contributed by atoms with Crippen LogP contribution in [0.3, 0.4) is 0 Å². The van der Waals surface area contributed by atoms with Crippen molar-refractivity contribution in [2.45, 2.75) is 0 Å². The Balaban J connectivity index is 2.04. The summed E-state index contributed by atoms with van der Waals surface area (Å²) in [5, 5.41) is 2.49. The van der Waals surface area contributed by atoms with E-state index in [0.29, 0.717) is 17.2 Å². The average Bonchev–Trinajstić information content (AvgIpc) is 2.62. The zero-order valence-electron chi connectivity index (χ0n) is 13.9. The lowest BCUT2D eigenvalue weighted by Gasteiger charge is -2.12. The van der Waals surface area contributed by atoms with Crippen LogP contribution in [0.1, 0.15) is 10.5 Å². The van der Waals surface area contributed by atoms with Gasteiger partial charge in [-0.15, -0.1) is 0 Å². The number of amides is 1. The van der Waals surface area contributed by atoms with Crippen LogP contribution in [0.25, 0.3) is 0 Å². The maximum Gasteiger partial charge on any atom is 0.357 e. The largest absolute Gasteiger partial charge is 0.497 e. The second kappa shape index (κ2) is 7.88. The minimum absolute atomic E-state index is 0.332. The van der Waals surface area contributed by atoms with Gasteiger partial charge in [-0.2, -0.15) is 0 Å². The van der Waals surface area contributed by atoms with Gasteiger partial charge in [0, 0.05) is 6.07 Å². The van der Waals surface area contributed by atoms with Crippen molar-refractivity contribution in [2.24, 2.45) is 0 Å². The summed E-state index contributed by atoms with van der Waals surface area (Å²) in [6.07, 6.45) is 0. The van der Waals surface area contributed by atoms with Crippen LogP contribution in [0, 0.1) is 0 Å². The van der Waals surface area contributed by atoms with Gasteiger partial charge in [0.05, 0.1) is 19.9 Å². The highest BCUT2D eigenvalue weighted by Crippen LogP contribution is 2.28. The number of hydrogen-bond acceptors (Lipinski definition) is 8. The first-order valence-electron chi connectivity index (χ1n) is 7.16. The predicted molar refractivity (Wildman–Crippen MR) is 90.6 cm³/mol. The number of esters is 1. The van der Waals surface area contributed by atoms with Gasteiger partial charge in [0.15, 0.2) is 12.3 Å². The van der Waals surface area contributed by atoms with Gasteiger partial charge in [-0.1, -0.05) is 0 Å². The number of aromatic amines is 2. The lowest BCUT2D eigenvalue weighted by atomic mass is 10.2. The summed E-state index contributed by atoms with van der Waals surface area (Å²) in [6, 6.07) is 4.71. The normalized spacial score (nSPS) is 10.1. The lowest BCUT2D eigenvalue weighted by Crippen LogP contribution is -2.30. The standard InChI is InChI=1S/C15H16N4O7/c1-24-7-3-4-8(9(5-7)25-2)17-10(20)6-26-14(22)12-11(16)13(21)19-15(23)18-12/h3-5H,6,16H2,1-2H3,(H,17,20)(H2,18,19,21,23). The van der Waals surface area contributed by atoms with E-state index in [0.717, 1.165) is 0 Å². The summed E-state index contributed by atoms with van der Waals surface area (Å²) < 4.78 is 14.9. The molecule has 0 atom stereocenters. The topological polar surface area (TPSA) is 166 Å². The van der Waals surface area contributed by atoms with Gasteiger partial charge >= 0.3 is 11.7 Å². The number of ether oxygens (including phenoxy) is 3. The van der Waals surface area contributed by atoms with E-state index in [1.165, 1.54) is 14.2 Å². The first-order chi connectivity index (χ1) is 12.3. The third kappa shape index (κ3) is 4.20. The molecule has 0 unspecified atom stereocenters. The van der Waals surface area contributed by atoms with Crippen LogP contribution in [0.2, 0.25) is 0 Å². The van der Waals surface area contributed by atoms with Crippen molar-refractivity contribution in [3.05, 3.63) is 44.7 Å². The van der Waals surface area contributed by atoms with Gasteiger partial charge in [0.25, 0.3) is 11.5 Å². The van der Waals surface area contributed by atoms with Crippen molar-refractivity contribution in [1.82, 2.24) is 9.97 Å². The van der Waals surface area contributed by atoms with E-state index in [-0.39, 0.29) is 0 Å². The Morgan fingerprint density at radius 2 is 1.88 bits per heavy atom. The molecule has 1 aromatic carbocycles. The van der Waals surface area contributed by atoms with Gasteiger partial charge in [0.2, 0.25) is 0 Å². The molecule has 0 aliphatic heterocycles. The molecule has 0 fully saturated rings. The Kier molecular flexibility index (Phi) is 5.63. The molecule has 0 saturated heterocycles. The van der Waals surface area contributed by atoms with Gasteiger partial charge in [-0.3, -0.25) is 19.6 Å². The molecule has 26 heavy (non-hydrogen) atoms. The maximum absolute atomic E-state index is 11.9. The second-order valence-corrected chi connectivity index (χ2v) is 4.89. The smallest absolute Gasteiger partial charge is 0.357 e. The van der Waals surface area contributed by atoms with Crippen molar-refractivity contribution in [1.29, 1.82) is 0 Å². The molecule has 0 bridgehead atoms. The average molecular weight is 364 g/mol. The van der Waals surface area contributed by atoms with Crippen LogP contribution in [-0.2, 0) is 9.53 Å². The fraction of sp³-hybridized carbons (Fsp3) is 0.200. The molecule has 1 aromatic heterocycles. The second-order valence-electron chi connectivity index (χ2n) is 4.89. The number of methoxy groups -OCH3 is 2. The molecule has 1 heterocycles. The van der Waals surface area contributed by atoms with Crippen LogP contribution in [0.4, 0.5) is 11.4 Å². The molecule has 0 radical (unpaired) electrons. The van der Waals surface area contributed by atoms with Crippen molar-refractivity contribution < 1.29 is 23.8 Å². The van der Waals surface area contributed by atoms with Crippen molar-refractivity contribution >= 4 is 23.3 Å². The van der Waals surface area contributed by atoms with E-state index in [9.17, 15) is 19.2 Å². The Morgan fingerprint density at radius 1 is 1.15 bits per heavy atom. The SMILES string of the molecule is COc1ccc(NC(=O)COC(=O)c2[nH]c(=O)[nH]c(=O)c2N)c(OC)c1. The molecule has 138 valence electrons. The molecule has 0 spiro atoms. The van der Waals surface area contributed by atoms with Crippen LogP contribution < -0.4 is 31.8 Å². The van der Waals surface area contributed by atoms with E-state index in [2.05, 4.69) is 5.32 Å². The van der Waals surface area contributed by atoms with Crippen molar-refractivity contribution in [3.63, 3.8) is 0 Å². The number of anilines is 2. The number of H-pyrrole nitrogens is 2. The van der Waals surface area contributed by atoms with Gasteiger partial charge in [-0.25, -0.2) is 9.59 Å². The highest BCUT2D eigenvalue weighted by atomic mass is 16.5. The number of carbonyl (C=O) groups is 2. The number of nitrogens with one attached hydrogen (secondary N) is 3. The van der Waals surface area contributed by atoms with Gasteiger partial charge in [-0.05, 0) is 12.1 Å². The Morgan fingerprint density at radius 3 is 2.54 bits per heavy atom. The number of nitrogen functional groups attached to an aromatic ring is 1. The fourth-order valence-corrected chi connectivity index (χ4v) is 1.95. The molecule has 5 N–H and O–H groups in total. The summed E-state index contributed by atoms with van der Waals surface area (Å²) in [5.74, 6) is -0.928. The van der Waals surface area contributed by atoms with Gasteiger partial charge in [0.1, 0.15) is 17.2 Å². The first-order valence-corrected chi connectivity index (χ1v) is 7.16. The van der Waals surface area contributed by atoms with E-state index in [1.54, 1.807) is 18.2 Å². The fourth-order valence-electron chi connectivity index (χ4n) is 1.95. The van der Waals surface area contributed by atoms with E-state index in [1.807, 2.05) is 9.97 Å². The Bertz CT molecular complexity index is 948. The molecule has 11 heteroatoms. The Hall–Kier alpha value is -3.76. The summed E-state index contributed by atoms with van der Waals surface area (Å²) >= 11 is 0. The molecule has 0 aliphatic carbocycles. The summed E-state index contributed by atoms with van der Waals surface area (Å²) in [7, 11) is 2.90.